The van der Waals surface area contributed by atoms with Crippen molar-refractivity contribution in [3.8, 4) is 22.0 Å². The van der Waals surface area contributed by atoms with Crippen LogP contribution < -0.4 is 10.2 Å². The van der Waals surface area contributed by atoms with Crippen LogP contribution in [0.1, 0.15) is 35.8 Å². The first kappa shape index (κ1) is 26.4. The smallest absolute Gasteiger partial charge is 0.274 e. The topological polar surface area (TPSA) is 87.1 Å². The molecule has 0 saturated heterocycles. The predicted octanol–water partition coefficient (Wildman–Crippen LogP) is 5.25. The Kier molecular flexibility index (Phi) is 8.92. The van der Waals surface area contributed by atoms with Crippen LogP contribution in [-0.4, -0.2) is 64.7 Å². The second-order valence-electron chi connectivity index (χ2n) is 8.93. The van der Waals surface area contributed by atoms with Crippen LogP contribution in [0.2, 0.25) is 0 Å². The van der Waals surface area contributed by atoms with E-state index < -0.39 is 0 Å². The molecule has 4 aromatic rings. The minimum atomic E-state index is -0.296. The van der Waals surface area contributed by atoms with Gasteiger partial charge in [0, 0.05) is 43.2 Å². The third kappa shape index (κ3) is 6.75. The minimum Gasteiger partial charge on any atom is -0.355 e. The number of aryl methyl sites for hydroxylation is 1. The summed E-state index contributed by atoms with van der Waals surface area (Å²) in [5.41, 5.74) is 2.69. The van der Waals surface area contributed by atoms with Crippen molar-refractivity contribution in [3.05, 3.63) is 71.4 Å². The van der Waals surface area contributed by atoms with E-state index in [0.29, 0.717) is 17.2 Å². The molecule has 0 radical (unpaired) electrons. The Morgan fingerprint density at radius 3 is 2.43 bits per heavy atom. The summed E-state index contributed by atoms with van der Waals surface area (Å²) in [6.07, 6.45) is 1.90. The summed E-state index contributed by atoms with van der Waals surface area (Å²) in [6, 6.07) is 19.2. The van der Waals surface area contributed by atoms with Crippen LogP contribution >= 0.6 is 11.3 Å². The second kappa shape index (κ2) is 12.5. The van der Waals surface area contributed by atoms with Gasteiger partial charge in [-0.25, -0.2) is 9.97 Å². The Bertz CT molecular complexity index is 1320. The number of anilines is 2. The van der Waals surface area contributed by atoms with Gasteiger partial charge in [0.15, 0.2) is 5.82 Å². The molecule has 0 aliphatic carbocycles. The molecule has 4 rings (SSSR count). The van der Waals surface area contributed by atoms with Crippen molar-refractivity contribution in [3.63, 3.8) is 0 Å². The first-order valence-corrected chi connectivity index (χ1v) is 13.4. The molecule has 0 aliphatic heterocycles. The van der Waals surface area contributed by atoms with E-state index in [4.69, 9.17) is 4.98 Å². The van der Waals surface area contributed by atoms with Crippen molar-refractivity contribution >= 4 is 28.7 Å². The zero-order chi connectivity index (χ0) is 26.2. The Labute approximate surface area is 222 Å². The van der Waals surface area contributed by atoms with Crippen LogP contribution in [0.3, 0.4) is 0 Å². The number of carbonyl (C=O) groups excluding carboxylic acids is 1. The van der Waals surface area contributed by atoms with Gasteiger partial charge in [-0.2, -0.15) is 0 Å². The van der Waals surface area contributed by atoms with Gasteiger partial charge < -0.3 is 15.1 Å². The molecule has 2 aromatic carbocycles. The SMILES string of the molecule is CCCc1nnc(-c2ccccc2NC(=O)c2cc(N(CC)CCN(C)C)nc(-c3ccccc3)n2)s1. The summed E-state index contributed by atoms with van der Waals surface area (Å²) in [4.78, 5) is 27.3. The molecule has 2 aromatic heterocycles. The van der Waals surface area contributed by atoms with Gasteiger partial charge in [0.1, 0.15) is 21.5 Å². The summed E-state index contributed by atoms with van der Waals surface area (Å²) >= 11 is 1.55. The molecule has 0 saturated carbocycles. The minimum absolute atomic E-state index is 0.296. The van der Waals surface area contributed by atoms with Crippen molar-refractivity contribution in [1.82, 2.24) is 25.1 Å². The molecule has 1 amide bonds. The number of nitrogens with zero attached hydrogens (tertiary/aromatic N) is 6. The van der Waals surface area contributed by atoms with Crippen LogP contribution in [0.5, 0.6) is 0 Å². The number of rotatable bonds is 11. The lowest BCUT2D eigenvalue weighted by Gasteiger charge is -2.24. The van der Waals surface area contributed by atoms with Gasteiger partial charge in [-0.15, -0.1) is 10.2 Å². The van der Waals surface area contributed by atoms with E-state index in [2.05, 4.69) is 44.1 Å². The molecule has 8 nitrogen and oxygen atoms in total. The monoisotopic (exact) mass is 515 g/mol. The molecule has 0 atom stereocenters. The quantitative estimate of drug-likeness (QED) is 0.292. The van der Waals surface area contributed by atoms with E-state index in [9.17, 15) is 4.79 Å². The Balaban J connectivity index is 1.68. The van der Waals surface area contributed by atoms with E-state index in [1.54, 1.807) is 17.4 Å². The summed E-state index contributed by atoms with van der Waals surface area (Å²) < 4.78 is 0. The standard InChI is InChI=1S/C28H33N7OS/c1-5-12-25-32-33-28(37-25)21-15-10-11-16-22(21)30-27(36)23-19-24(35(6-2)18-17-34(3)4)31-26(29-23)20-13-8-7-9-14-20/h7-11,13-16,19H,5-6,12,17-18H2,1-4H3,(H,30,36). The van der Waals surface area contributed by atoms with Crippen molar-refractivity contribution < 1.29 is 4.79 Å². The zero-order valence-corrected chi connectivity index (χ0v) is 22.6. The van der Waals surface area contributed by atoms with Crippen molar-refractivity contribution in [2.24, 2.45) is 0 Å². The van der Waals surface area contributed by atoms with Gasteiger partial charge in [0.25, 0.3) is 5.91 Å². The van der Waals surface area contributed by atoms with Crippen molar-refractivity contribution in [2.45, 2.75) is 26.7 Å². The number of carbonyl (C=O) groups is 1. The number of benzene rings is 2. The van der Waals surface area contributed by atoms with Gasteiger partial charge in [-0.3, -0.25) is 4.79 Å². The summed E-state index contributed by atoms with van der Waals surface area (Å²) in [6.45, 7) is 6.63. The largest absolute Gasteiger partial charge is 0.355 e. The number of nitrogens with one attached hydrogen (secondary N) is 1. The normalized spacial score (nSPS) is 11.1. The Hall–Kier alpha value is -3.69. The highest BCUT2D eigenvalue weighted by atomic mass is 32.1. The lowest BCUT2D eigenvalue weighted by atomic mass is 10.1. The third-order valence-electron chi connectivity index (χ3n) is 5.84. The Morgan fingerprint density at radius 2 is 1.70 bits per heavy atom. The maximum absolute atomic E-state index is 13.6. The molecule has 0 bridgehead atoms. The first-order valence-electron chi connectivity index (χ1n) is 12.6. The highest BCUT2D eigenvalue weighted by Gasteiger charge is 2.19. The molecule has 1 N–H and O–H groups in total. The van der Waals surface area contributed by atoms with Gasteiger partial charge >= 0.3 is 0 Å². The maximum Gasteiger partial charge on any atom is 0.274 e. The van der Waals surface area contributed by atoms with Gasteiger partial charge in [0.2, 0.25) is 0 Å². The van der Waals surface area contributed by atoms with Gasteiger partial charge in [-0.1, -0.05) is 60.7 Å². The van der Waals surface area contributed by atoms with Crippen LogP contribution in [0.25, 0.3) is 22.0 Å². The number of hydrogen-bond donors (Lipinski definition) is 1. The number of hydrogen-bond acceptors (Lipinski definition) is 8. The van der Waals surface area contributed by atoms with Crippen LogP contribution in [0, 0.1) is 0 Å². The molecular weight excluding hydrogens is 482 g/mol. The fourth-order valence-electron chi connectivity index (χ4n) is 3.83. The average Bonchev–Trinajstić information content (AvgIpc) is 3.38. The fraction of sp³-hybridized carbons (Fsp3) is 0.321. The molecule has 192 valence electrons. The number of likely N-dealkylation sites (N-methyl/N-ethyl adjacent to an activating group) is 2. The molecule has 0 aliphatic rings. The van der Waals surface area contributed by atoms with Gasteiger partial charge in [0.05, 0.1) is 5.69 Å². The van der Waals surface area contributed by atoms with E-state index >= 15 is 0 Å². The van der Waals surface area contributed by atoms with E-state index in [-0.39, 0.29) is 5.91 Å². The highest BCUT2D eigenvalue weighted by molar-refractivity contribution is 7.14. The summed E-state index contributed by atoms with van der Waals surface area (Å²) in [5, 5.41) is 13.5. The lowest BCUT2D eigenvalue weighted by molar-refractivity contribution is 0.102. The Morgan fingerprint density at radius 1 is 0.946 bits per heavy atom. The molecule has 0 unspecified atom stereocenters. The van der Waals surface area contributed by atoms with Crippen molar-refractivity contribution in [1.29, 1.82) is 0 Å². The predicted molar refractivity (Wildman–Crippen MR) is 151 cm³/mol. The molecule has 37 heavy (non-hydrogen) atoms. The third-order valence-corrected chi connectivity index (χ3v) is 6.85. The molecular formula is C28H33N7OS. The molecule has 0 spiro atoms. The second-order valence-corrected chi connectivity index (χ2v) is 10.00. The van der Waals surface area contributed by atoms with Gasteiger partial charge in [-0.05, 0) is 39.6 Å². The lowest BCUT2D eigenvalue weighted by Crippen LogP contribution is -2.32. The van der Waals surface area contributed by atoms with E-state index in [0.717, 1.165) is 59.4 Å². The van der Waals surface area contributed by atoms with Crippen LogP contribution in [-0.2, 0) is 6.42 Å². The number of aromatic nitrogens is 4. The maximum atomic E-state index is 13.6. The number of amides is 1. The molecule has 0 fully saturated rings. The molecule has 9 heteroatoms. The summed E-state index contributed by atoms with van der Waals surface area (Å²) in [7, 11) is 4.09. The average molecular weight is 516 g/mol. The summed E-state index contributed by atoms with van der Waals surface area (Å²) in [5.74, 6) is 0.952. The number of para-hydroxylation sites is 1. The highest BCUT2D eigenvalue weighted by Crippen LogP contribution is 2.31. The van der Waals surface area contributed by atoms with Crippen LogP contribution in [0.15, 0.2) is 60.7 Å². The van der Waals surface area contributed by atoms with Crippen molar-refractivity contribution in [2.75, 3.05) is 43.9 Å². The van der Waals surface area contributed by atoms with Crippen LogP contribution in [0.4, 0.5) is 11.5 Å². The van der Waals surface area contributed by atoms with E-state index in [1.165, 1.54) is 0 Å². The fourth-order valence-corrected chi connectivity index (χ4v) is 4.81. The zero-order valence-electron chi connectivity index (χ0n) is 21.8. The van der Waals surface area contributed by atoms with E-state index in [1.807, 2.05) is 68.7 Å². The molecule has 2 heterocycles. The first-order chi connectivity index (χ1) is 18.0.